The minimum Gasteiger partial charge on any atom is -0.464 e. The molecule has 0 aliphatic carbocycles. The number of amides is 1. The highest BCUT2D eigenvalue weighted by atomic mass is 16.3. The van der Waals surface area contributed by atoms with Gasteiger partial charge in [-0.25, -0.2) is 0 Å². The van der Waals surface area contributed by atoms with Crippen LogP contribution in [0.3, 0.4) is 0 Å². The Kier molecular flexibility index (Phi) is 5.49. The summed E-state index contributed by atoms with van der Waals surface area (Å²) in [5.74, 6) is -0.0225. The second kappa shape index (κ2) is 8.19. The Hall–Kier alpha value is -2.59. The van der Waals surface area contributed by atoms with Crippen molar-refractivity contribution in [3.8, 4) is 0 Å². The van der Waals surface area contributed by atoms with Gasteiger partial charge in [0.25, 0.3) is 0 Å². The van der Waals surface area contributed by atoms with Gasteiger partial charge >= 0.3 is 0 Å². The normalized spacial score (nSPS) is 14.6. The van der Waals surface area contributed by atoms with Gasteiger partial charge in [0.15, 0.2) is 0 Å². The molecule has 0 unspecified atom stereocenters. The lowest BCUT2D eigenvalue weighted by Crippen LogP contribution is -2.21. The molecule has 3 aromatic rings. The molecule has 1 N–H and O–H groups in total. The lowest BCUT2D eigenvalue weighted by Gasteiger charge is -2.14. The summed E-state index contributed by atoms with van der Waals surface area (Å²) in [4.78, 5) is 15.0. The Morgan fingerprint density at radius 2 is 1.82 bits per heavy atom. The molecule has 0 atom stereocenters. The van der Waals surface area contributed by atoms with Crippen LogP contribution in [-0.4, -0.2) is 30.4 Å². The zero-order valence-corrected chi connectivity index (χ0v) is 16.8. The number of furan rings is 1. The number of aryl methyl sites for hydroxylation is 2. The van der Waals surface area contributed by atoms with E-state index in [9.17, 15) is 4.79 Å². The Morgan fingerprint density at radius 3 is 2.57 bits per heavy atom. The molecule has 1 fully saturated rings. The average molecular weight is 377 g/mol. The van der Waals surface area contributed by atoms with Crippen LogP contribution in [0.25, 0.3) is 11.0 Å². The summed E-state index contributed by atoms with van der Waals surface area (Å²) in [5, 5.41) is 4.03. The largest absolute Gasteiger partial charge is 0.464 e. The number of rotatable bonds is 6. The molecule has 4 heteroatoms. The van der Waals surface area contributed by atoms with Gasteiger partial charge in [0, 0.05) is 23.2 Å². The van der Waals surface area contributed by atoms with Crippen molar-refractivity contribution in [3.05, 3.63) is 64.9 Å². The van der Waals surface area contributed by atoms with Gasteiger partial charge < -0.3 is 14.6 Å². The van der Waals surface area contributed by atoms with E-state index >= 15 is 0 Å². The average Bonchev–Trinajstić information content (AvgIpc) is 3.35. The summed E-state index contributed by atoms with van der Waals surface area (Å²) in [7, 11) is 0. The van der Waals surface area contributed by atoms with Gasteiger partial charge in [0.1, 0.15) is 5.58 Å². The van der Waals surface area contributed by atoms with E-state index in [4.69, 9.17) is 4.42 Å². The van der Waals surface area contributed by atoms with Gasteiger partial charge in [-0.15, -0.1) is 0 Å². The van der Waals surface area contributed by atoms with Crippen LogP contribution in [0, 0.1) is 13.8 Å². The van der Waals surface area contributed by atoms with Crippen LogP contribution >= 0.6 is 0 Å². The maximum Gasteiger partial charge on any atom is 0.228 e. The van der Waals surface area contributed by atoms with Crippen LogP contribution in [0.5, 0.6) is 0 Å². The first-order valence-electron chi connectivity index (χ1n) is 10.2. The Labute approximate surface area is 166 Å². The molecule has 1 aromatic heterocycles. The first-order chi connectivity index (χ1) is 13.6. The number of benzene rings is 2. The minimum atomic E-state index is -0.0225. The predicted octanol–water partition coefficient (Wildman–Crippen LogP) is 4.87. The van der Waals surface area contributed by atoms with Gasteiger partial charge in [0.2, 0.25) is 5.91 Å². The third kappa shape index (κ3) is 4.12. The fourth-order valence-corrected chi connectivity index (χ4v) is 3.95. The smallest absolute Gasteiger partial charge is 0.228 e. The maximum absolute atomic E-state index is 12.5. The molecule has 1 aliphatic rings. The zero-order valence-electron chi connectivity index (χ0n) is 16.8. The van der Waals surface area contributed by atoms with Gasteiger partial charge in [-0.1, -0.05) is 24.3 Å². The SMILES string of the molecule is Cc1ccc2c(CC(=O)Nc3ccc(CCN4CCCC4)cc3)coc2c1C. The van der Waals surface area contributed by atoms with E-state index in [0.717, 1.165) is 40.7 Å². The molecule has 1 amide bonds. The monoisotopic (exact) mass is 376 g/mol. The van der Waals surface area contributed by atoms with Crippen LogP contribution in [-0.2, 0) is 17.6 Å². The molecule has 0 saturated carbocycles. The van der Waals surface area contributed by atoms with Gasteiger partial charge in [0.05, 0.1) is 12.7 Å². The Bertz CT molecular complexity index is 966. The van der Waals surface area contributed by atoms with Crippen molar-refractivity contribution >= 4 is 22.6 Å². The van der Waals surface area contributed by atoms with E-state index in [1.165, 1.54) is 37.1 Å². The lowest BCUT2D eigenvalue weighted by atomic mass is 10.0. The van der Waals surface area contributed by atoms with E-state index < -0.39 is 0 Å². The number of fused-ring (bicyclic) bond motifs is 1. The Morgan fingerprint density at radius 1 is 1.07 bits per heavy atom. The topological polar surface area (TPSA) is 45.5 Å². The van der Waals surface area contributed by atoms with Crippen molar-refractivity contribution in [2.24, 2.45) is 0 Å². The van der Waals surface area contributed by atoms with Crippen molar-refractivity contribution in [2.75, 3.05) is 25.0 Å². The standard InChI is InChI=1S/C24H28N2O2/c1-17-5-10-22-20(16-28-24(22)18(17)2)15-23(27)25-21-8-6-19(7-9-21)11-14-26-12-3-4-13-26/h5-10,16H,3-4,11-15H2,1-2H3,(H,25,27). The molecule has 4 rings (SSSR count). The number of carbonyl (C=O) groups excluding carboxylic acids is 1. The number of carbonyl (C=O) groups is 1. The second-order valence-corrected chi connectivity index (χ2v) is 7.87. The van der Waals surface area contributed by atoms with E-state index in [-0.39, 0.29) is 5.91 Å². The molecule has 0 radical (unpaired) electrons. The minimum absolute atomic E-state index is 0.0225. The number of nitrogens with one attached hydrogen (secondary N) is 1. The second-order valence-electron chi connectivity index (χ2n) is 7.87. The zero-order chi connectivity index (χ0) is 19.5. The first-order valence-corrected chi connectivity index (χ1v) is 10.2. The molecule has 1 saturated heterocycles. The number of hydrogen-bond donors (Lipinski definition) is 1. The highest BCUT2D eigenvalue weighted by Gasteiger charge is 2.13. The summed E-state index contributed by atoms with van der Waals surface area (Å²) >= 11 is 0. The van der Waals surface area contributed by atoms with Gasteiger partial charge in [-0.05, 0) is 75.0 Å². The molecule has 146 valence electrons. The van der Waals surface area contributed by atoms with Crippen molar-refractivity contribution in [1.82, 2.24) is 4.90 Å². The van der Waals surface area contributed by atoms with Crippen LogP contribution < -0.4 is 5.32 Å². The first kappa shape index (κ1) is 18.8. The highest BCUT2D eigenvalue weighted by Crippen LogP contribution is 2.27. The van der Waals surface area contributed by atoms with E-state index in [1.807, 2.05) is 18.2 Å². The molecule has 0 spiro atoms. The number of anilines is 1. The predicted molar refractivity (Wildman–Crippen MR) is 114 cm³/mol. The fraction of sp³-hybridized carbons (Fsp3) is 0.375. The molecule has 4 nitrogen and oxygen atoms in total. The van der Waals surface area contributed by atoms with E-state index in [1.54, 1.807) is 6.26 Å². The molecule has 0 bridgehead atoms. The molecule has 28 heavy (non-hydrogen) atoms. The molecular weight excluding hydrogens is 348 g/mol. The molecule has 1 aliphatic heterocycles. The lowest BCUT2D eigenvalue weighted by molar-refractivity contribution is -0.115. The van der Waals surface area contributed by atoms with Crippen LogP contribution in [0.4, 0.5) is 5.69 Å². The molecular formula is C24H28N2O2. The maximum atomic E-state index is 12.5. The summed E-state index contributed by atoms with van der Waals surface area (Å²) < 4.78 is 5.71. The van der Waals surface area contributed by atoms with E-state index in [2.05, 4.69) is 42.3 Å². The quantitative estimate of drug-likeness (QED) is 0.668. The van der Waals surface area contributed by atoms with Crippen LogP contribution in [0.1, 0.15) is 35.1 Å². The number of nitrogens with zero attached hydrogens (tertiary/aromatic N) is 1. The third-order valence-corrected chi connectivity index (χ3v) is 5.85. The summed E-state index contributed by atoms with van der Waals surface area (Å²) in [6.07, 6.45) is 5.74. The van der Waals surface area contributed by atoms with Gasteiger partial charge in [-0.3, -0.25) is 4.79 Å². The Balaban J connectivity index is 1.35. The van der Waals surface area contributed by atoms with E-state index in [0.29, 0.717) is 6.42 Å². The van der Waals surface area contributed by atoms with Crippen molar-refractivity contribution in [2.45, 2.75) is 39.5 Å². The van der Waals surface area contributed by atoms with Crippen molar-refractivity contribution in [3.63, 3.8) is 0 Å². The fourth-order valence-electron chi connectivity index (χ4n) is 3.95. The van der Waals surface area contributed by atoms with Crippen LogP contribution in [0.2, 0.25) is 0 Å². The number of likely N-dealkylation sites (tertiary alicyclic amines) is 1. The number of hydrogen-bond acceptors (Lipinski definition) is 3. The third-order valence-electron chi connectivity index (χ3n) is 5.85. The van der Waals surface area contributed by atoms with Crippen molar-refractivity contribution < 1.29 is 9.21 Å². The highest BCUT2D eigenvalue weighted by molar-refractivity contribution is 5.95. The van der Waals surface area contributed by atoms with Crippen molar-refractivity contribution in [1.29, 1.82) is 0 Å². The summed E-state index contributed by atoms with van der Waals surface area (Å²) in [6.45, 7) is 7.71. The van der Waals surface area contributed by atoms with Gasteiger partial charge in [-0.2, -0.15) is 0 Å². The summed E-state index contributed by atoms with van der Waals surface area (Å²) in [6, 6.07) is 12.3. The summed E-state index contributed by atoms with van der Waals surface area (Å²) in [5.41, 5.74) is 6.30. The molecule has 2 heterocycles. The van der Waals surface area contributed by atoms with Crippen LogP contribution in [0.15, 0.2) is 47.1 Å². The molecule has 2 aromatic carbocycles.